The molecule has 0 saturated heterocycles. The van der Waals surface area contributed by atoms with Crippen LogP contribution in [0.4, 0.5) is 4.39 Å². The Kier molecular flexibility index (Phi) is 3.73. The van der Waals surface area contributed by atoms with Gasteiger partial charge < -0.3 is 11.1 Å². The van der Waals surface area contributed by atoms with E-state index in [1.54, 1.807) is 23.9 Å². The summed E-state index contributed by atoms with van der Waals surface area (Å²) in [7, 11) is 0. The van der Waals surface area contributed by atoms with Gasteiger partial charge in [0.15, 0.2) is 0 Å². The van der Waals surface area contributed by atoms with E-state index in [0.29, 0.717) is 11.3 Å². The average molecular weight is 294 g/mol. The summed E-state index contributed by atoms with van der Waals surface area (Å²) in [5.41, 5.74) is 5.07. The predicted molar refractivity (Wildman–Crippen MR) is 78.0 cm³/mol. The molecule has 20 heavy (non-hydrogen) atoms. The Hall–Kier alpha value is -1.07. The van der Waals surface area contributed by atoms with Crippen LogP contribution in [0.2, 0.25) is 0 Å². The molecule has 108 valence electrons. The van der Waals surface area contributed by atoms with E-state index in [9.17, 15) is 9.18 Å². The van der Waals surface area contributed by atoms with Crippen LogP contribution in [-0.2, 0) is 4.79 Å². The first-order valence-electron chi connectivity index (χ1n) is 7.07. The lowest BCUT2D eigenvalue weighted by molar-refractivity contribution is -0.124. The summed E-state index contributed by atoms with van der Waals surface area (Å²) in [5, 5.41) is 3.75. The zero-order chi connectivity index (χ0) is 14.2. The Bertz CT molecular complexity index is 520. The molecule has 2 aliphatic carbocycles. The lowest BCUT2D eigenvalue weighted by Gasteiger charge is -2.27. The molecule has 2 fully saturated rings. The van der Waals surface area contributed by atoms with Gasteiger partial charge in [-0.2, -0.15) is 0 Å². The highest BCUT2D eigenvalue weighted by Gasteiger charge is 2.46. The van der Waals surface area contributed by atoms with Gasteiger partial charge in [-0.25, -0.2) is 4.39 Å². The summed E-state index contributed by atoms with van der Waals surface area (Å²) < 4.78 is 13.2. The minimum atomic E-state index is -0.549. The molecule has 0 aliphatic heterocycles. The van der Waals surface area contributed by atoms with Crippen molar-refractivity contribution in [1.29, 1.82) is 0 Å². The lowest BCUT2D eigenvalue weighted by atomic mass is 9.96. The summed E-state index contributed by atoms with van der Waals surface area (Å²) in [6.45, 7) is 0. The maximum absolute atomic E-state index is 13.2. The molecule has 1 aromatic carbocycles. The van der Waals surface area contributed by atoms with E-state index in [2.05, 4.69) is 5.32 Å². The van der Waals surface area contributed by atoms with Gasteiger partial charge in [0.25, 0.3) is 0 Å². The molecule has 0 bridgehead atoms. The molecule has 5 heteroatoms. The van der Waals surface area contributed by atoms with Crippen molar-refractivity contribution >= 4 is 17.7 Å². The molecule has 3 nitrogen and oxygen atoms in total. The standard InChI is InChI=1S/C15H19FN2OS/c16-10-2-1-3-12(8-10)20-13-6-7-15(9-13,14(17)19)18-11-4-5-11/h1-3,8,11,13,18H,4-7,9H2,(H2,17,19). The zero-order valence-electron chi connectivity index (χ0n) is 11.3. The number of carbonyl (C=O) groups excluding carboxylic acids is 1. The first-order chi connectivity index (χ1) is 9.57. The molecule has 2 aliphatic rings. The lowest BCUT2D eigenvalue weighted by Crippen LogP contribution is -2.54. The molecular weight excluding hydrogens is 275 g/mol. The van der Waals surface area contributed by atoms with Crippen LogP contribution in [0.5, 0.6) is 0 Å². The summed E-state index contributed by atoms with van der Waals surface area (Å²) in [5.74, 6) is -0.461. The molecule has 3 rings (SSSR count). The highest BCUT2D eigenvalue weighted by Crippen LogP contribution is 2.41. The van der Waals surface area contributed by atoms with E-state index in [4.69, 9.17) is 5.73 Å². The molecule has 2 saturated carbocycles. The minimum Gasteiger partial charge on any atom is -0.368 e. The van der Waals surface area contributed by atoms with Gasteiger partial charge in [0.1, 0.15) is 5.82 Å². The number of hydrogen-bond acceptors (Lipinski definition) is 3. The molecule has 0 spiro atoms. The largest absolute Gasteiger partial charge is 0.368 e. The van der Waals surface area contributed by atoms with Crippen molar-refractivity contribution in [1.82, 2.24) is 5.32 Å². The van der Waals surface area contributed by atoms with Crippen LogP contribution in [0, 0.1) is 5.82 Å². The Labute approximate surface area is 122 Å². The smallest absolute Gasteiger partial charge is 0.237 e. The molecule has 0 aromatic heterocycles. The normalized spacial score (nSPS) is 29.6. The molecule has 0 radical (unpaired) electrons. The molecule has 3 N–H and O–H groups in total. The summed E-state index contributed by atoms with van der Waals surface area (Å²) in [6, 6.07) is 7.08. The van der Waals surface area contributed by atoms with E-state index in [0.717, 1.165) is 37.0 Å². The van der Waals surface area contributed by atoms with E-state index < -0.39 is 5.54 Å². The average Bonchev–Trinajstić information content (AvgIpc) is 3.10. The molecule has 2 unspecified atom stereocenters. The van der Waals surface area contributed by atoms with Crippen LogP contribution < -0.4 is 11.1 Å². The Morgan fingerprint density at radius 2 is 2.20 bits per heavy atom. The number of amides is 1. The number of nitrogens with one attached hydrogen (secondary N) is 1. The number of hydrogen-bond donors (Lipinski definition) is 2. The second-order valence-electron chi connectivity index (χ2n) is 5.81. The number of primary amides is 1. The van der Waals surface area contributed by atoms with Gasteiger partial charge >= 0.3 is 0 Å². The zero-order valence-corrected chi connectivity index (χ0v) is 12.1. The van der Waals surface area contributed by atoms with E-state index >= 15 is 0 Å². The second kappa shape index (κ2) is 5.37. The third-order valence-corrected chi connectivity index (χ3v) is 5.36. The van der Waals surface area contributed by atoms with E-state index in [1.165, 1.54) is 6.07 Å². The molecule has 0 heterocycles. The fourth-order valence-corrected chi connectivity index (χ4v) is 4.20. The van der Waals surface area contributed by atoms with Crippen molar-refractivity contribution in [3.05, 3.63) is 30.1 Å². The number of benzene rings is 1. The van der Waals surface area contributed by atoms with Crippen LogP contribution in [0.25, 0.3) is 0 Å². The Morgan fingerprint density at radius 1 is 1.40 bits per heavy atom. The van der Waals surface area contributed by atoms with Crippen molar-refractivity contribution in [3.63, 3.8) is 0 Å². The SMILES string of the molecule is NC(=O)C1(NC2CC2)CCC(Sc2cccc(F)c2)C1. The topological polar surface area (TPSA) is 55.1 Å². The molecule has 1 aromatic rings. The highest BCUT2D eigenvalue weighted by atomic mass is 32.2. The minimum absolute atomic E-state index is 0.217. The van der Waals surface area contributed by atoms with Crippen LogP contribution in [-0.4, -0.2) is 22.7 Å². The molecule has 1 amide bonds. The van der Waals surface area contributed by atoms with Crippen LogP contribution in [0.3, 0.4) is 0 Å². The summed E-state index contributed by atoms with van der Waals surface area (Å²) >= 11 is 1.64. The van der Waals surface area contributed by atoms with Crippen molar-refractivity contribution in [2.24, 2.45) is 5.73 Å². The van der Waals surface area contributed by atoms with Crippen LogP contribution >= 0.6 is 11.8 Å². The Balaban J connectivity index is 1.66. The van der Waals surface area contributed by atoms with Crippen LogP contribution in [0.1, 0.15) is 32.1 Å². The van der Waals surface area contributed by atoms with Crippen molar-refractivity contribution in [2.45, 2.75) is 53.8 Å². The van der Waals surface area contributed by atoms with E-state index in [1.807, 2.05) is 6.07 Å². The number of rotatable bonds is 5. The van der Waals surface area contributed by atoms with Crippen LogP contribution in [0.15, 0.2) is 29.2 Å². The van der Waals surface area contributed by atoms with Gasteiger partial charge in [-0.1, -0.05) is 6.07 Å². The van der Waals surface area contributed by atoms with Crippen molar-refractivity contribution in [3.8, 4) is 0 Å². The molecular formula is C15H19FN2OS. The number of carbonyl (C=O) groups is 1. The number of nitrogens with two attached hydrogens (primary N) is 1. The third kappa shape index (κ3) is 2.99. The monoisotopic (exact) mass is 294 g/mol. The molecule has 2 atom stereocenters. The third-order valence-electron chi connectivity index (χ3n) is 4.10. The summed E-state index contributed by atoms with van der Waals surface area (Å²) in [4.78, 5) is 12.7. The second-order valence-corrected chi connectivity index (χ2v) is 7.18. The van der Waals surface area contributed by atoms with Crippen molar-refractivity contribution < 1.29 is 9.18 Å². The number of thioether (sulfide) groups is 1. The first kappa shape index (κ1) is 13.9. The van der Waals surface area contributed by atoms with E-state index in [-0.39, 0.29) is 11.7 Å². The van der Waals surface area contributed by atoms with Gasteiger partial charge in [-0.05, 0) is 50.3 Å². The maximum Gasteiger partial charge on any atom is 0.237 e. The first-order valence-corrected chi connectivity index (χ1v) is 7.95. The van der Waals surface area contributed by atoms with Gasteiger partial charge in [-0.15, -0.1) is 11.8 Å². The fourth-order valence-electron chi connectivity index (χ4n) is 2.88. The van der Waals surface area contributed by atoms with Gasteiger partial charge in [0.05, 0.1) is 5.54 Å². The summed E-state index contributed by atoms with van der Waals surface area (Å²) in [6.07, 6.45) is 4.73. The Morgan fingerprint density at radius 3 is 2.85 bits per heavy atom. The predicted octanol–water partition coefficient (Wildman–Crippen LogP) is 2.45. The maximum atomic E-state index is 13.2. The van der Waals surface area contributed by atoms with Gasteiger partial charge in [0.2, 0.25) is 5.91 Å². The highest BCUT2D eigenvalue weighted by molar-refractivity contribution is 8.00. The quantitative estimate of drug-likeness (QED) is 0.877. The fraction of sp³-hybridized carbons (Fsp3) is 0.533. The van der Waals surface area contributed by atoms with Gasteiger partial charge in [-0.3, -0.25) is 4.79 Å². The number of halogens is 1. The van der Waals surface area contributed by atoms with Gasteiger partial charge in [0, 0.05) is 16.2 Å². The van der Waals surface area contributed by atoms with Crippen molar-refractivity contribution in [2.75, 3.05) is 0 Å².